The van der Waals surface area contributed by atoms with Crippen molar-refractivity contribution in [3.05, 3.63) is 126 Å². The van der Waals surface area contributed by atoms with Crippen LogP contribution < -0.4 is 0 Å². The van der Waals surface area contributed by atoms with Crippen LogP contribution in [0.15, 0.2) is 109 Å². The first-order valence-electron chi connectivity index (χ1n) is 17.9. The first kappa shape index (κ1) is 31.1. The molecular weight excluding hydrogens is 597 g/mol. The Morgan fingerprint density at radius 2 is 1.37 bits per heavy atom. The molecular formula is C45H42N4. The zero-order valence-corrected chi connectivity index (χ0v) is 28.7. The Labute approximate surface area is 289 Å². The minimum atomic E-state index is 0.273. The number of hydrogen-bond donors (Lipinski definition) is 0. The van der Waals surface area contributed by atoms with Gasteiger partial charge in [0, 0.05) is 16.7 Å². The van der Waals surface area contributed by atoms with Crippen LogP contribution >= 0.6 is 0 Å². The molecule has 0 amide bonds. The average Bonchev–Trinajstić information content (AvgIpc) is 3.14. The van der Waals surface area contributed by atoms with E-state index in [1.54, 1.807) is 11.6 Å². The molecule has 1 unspecified atom stereocenters. The molecule has 5 aromatic carbocycles. The van der Waals surface area contributed by atoms with Crippen molar-refractivity contribution in [2.24, 2.45) is 17.8 Å². The Kier molecular flexibility index (Phi) is 8.08. The molecule has 4 heteroatoms. The van der Waals surface area contributed by atoms with Gasteiger partial charge in [-0.3, -0.25) is 0 Å². The smallest absolute Gasteiger partial charge is 0.165 e. The maximum atomic E-state index is 9.85. The third-order valence-electron chi connectivity index (χ3n) is 11.3. The summed E-state index contributed by atoms with van der Waals surface area (Å²) in [5.74, 6) is 4.12. The van der Waals surface area contributed by atoms with Gasteiger partial charge in [0.15, 0.2) is 17.5 Å². The second-order valence-electron chi connectivity index (χ2n) is 14.7. The van der Waals surface area contributed by atoms with Gasteiger partial charge in [0.2, 0.25) is 0 Å². The van der Waals surface area contributed by atoms with E-state index in [4.69, 9.17) is 15.0 Å². The van der Waals surface area contributed by atoms with E-state index in [1.165, 1.54) is 66.0 Å². The Bertz CT molecular complexity index is 2210. The minimum Gasteiger partial charge on any atom is -0.208 e. The number of fused-ring (bicyclic) bond motifs is 3. The van der Waals surface area contributed by atoms with E-state index in [0.717, 1.165) is 28.9 Å². The lowest BCUT2D eigenvalue weighted by molar-refractivity contribution is 0.0712. The van der Waals surface area contributed by atoms with Crippen LogP contribution in [-0.2, 0) is 5.41 Å². The van der Waals surface area contributed by atoms with Crippen molar-refractivity contribution in [1.29, 1.82) is 5.26 Å². The van der Waals surface area contributed by atoms with Gasteiger partial charge >= 0.3 is 0 Å². The third kappa shape index (κ3) is 5.72. The SMILES string of the molecule is CC[C@@H]1C[C@@H]2C[C@H](C)CC(c3ccc(-c4ccc(-c5nc(-c6ccccc6)nc(-c6ccccc6C#N)n5)cc4C)c4ccccc34)(C1)C2. The summed E-state index contributed by atoms with van der Waals surface area (Å²) >= 11 is 0. The first-order valence-corrected chi connectivity index (χ1v) is 17.9. The van der Waals surface area contributed by atoms with E-state index in [1.807, 2.05) is 48.5 Å². The predicted octanol–water partition coefficient (Wildman–Crippen LogP) is 11.4. The molecule has 2 fully saturated rings. The molecule has 2 aliphatic rings. The van der Waals surface area contributed by atoms with E-state index < -0.39 is 0 Å². The van der Waals surface area contributed by atoms with Crippen LogP contribution in [0.3, 0.4) is 0 Å². The van der Waals surface area contributed by atoms with Crippen LogP contribution in [0.25, 0.3) is 56.1 Å². The van der Waals surface area contributed by atoms with Gasteiger partial charge in [-0.2, -0.15) is 5.26 Å². The van der Waals surface area contributed by atoms with E-state index in [9.17, 15) is 5.26 Å². The monoisotopic (exact) mass is 638 g/mol. The second kappa shape index (κ2) is 12.7. The molecule has 49 heavy (non-hydrogen) atoms. The molecule has 0 aliphatic heterocycles. The summed E-state index contributed by atoms with van der Waals surface area (Å²) in [6, 6.07) is 40.3. The van der Waals surface area contributed by atoms with E-state index in [0.29, 0.717) is 28.6 Å². The number of aryl methyl sites for hydroxylation is 1. The summed E-state index contributed by atoms with van der Waals surface area (Å²) in [5, 5.41) is 12.6. The van der Waals surface area contributed by atoms with Crippen LogP contribution in [0.4, 0.5) is 0 Å². The van der Waals surface area contributed by atoms with Crippen molar-refractivity contribution in [1.82, 2.24) is 15.0 Å². The Hall–Kier alpha value is -5.14. The van der Waals surface area contributed by atoms with Gasteiger partial charge < -0.3 is 0 Å². The van der Waals surface area contributed by atoms with Gasteiger partial charge in [0.25, 0.3) is 0 Å². The fourth-order valence-corrected chi connectivity index (χ4v) is 9.35. The second-order valence-corrected chi connectivity index (χ2v) is 14.7. The van der Waals surface area contributed by atoms with Gasteiger partial charge in [-0.25, -0.2) is 15.0 Å². The van der Waals surface area contributed by atoms with Crippen molar-refractivity contribution < 1.29 is 0 Å². The van der Waals surface area contributed by atoms with Crippen LogP contribution in [-0.4, -0.2) is 15.0 Å². The molecule has 0 saturated heterocycles. The Morgan fingerprint density at radius 1 is 0.673 bits per heavy atom. The molecule has 1 heterocycles. The van der Waals surface area contributed by atoms with Crippen molar-refractivity contribution in [2.75, 3.05) is 0 Å². The van der Waals surface area contributed by atoms with Gasteiger partial charge in [0.1, 0.15) is 0 Å². The topological polar surface area (TPSA) is 62.5 Å². The number of nitrogens with zero attached hydrogens (tertiary/aromatic N) is 4. The molecule has 0 radical (unpaired) electrons. The van der Waals surface area contributed by atoms with Gasteiger partial charge in [0.05, 0.1) is 11.6 Å². The molecule has 0 N–H and O–H groups in total. The van der Waals surface area contributed by atoms with Crippen molar-refractivity contribution >= 4 is 10.8 Å². The standard InChI is InChI=1S/C45H42N4/c1-4-31-24-32-22-29(2)25-45(26-31,27-32)41-21-20-39(38-16-10-11-17-40(38)41)36-19-18-34(23-30(36)3)43-47-42(33-12-6-5-7-13-33)48-44(49-43)37-15-9-8-14-35(37)28-46/h5-21,23,29,31-32H,4,22,24-27H2,1-3H3/t29-,31+,32-,45?/m0/s1. The summed E-state index contributed by atoms with van der Waals surface area (Å²) in [7, 11) is 0. The van der Waals surface area contributed by atoms with Gasteiger partial charge in [-0.1, -0.05) is 111 Å². The van der Waals surface area contributed by atoms with Crippen molar-refractivity contribution in [3.63, 3.8) is 0 Å². The molecule has 2 saturated carbocycles. The Morgan fingerprint density at radius 3 is 2.14 bits per heavy atom. The normalized spacial score (nSPS) is 21.7. The van der Waals surface area contributed by atoms with Crippen molar-refractivity contribution in [2.45, 2.75) is 64.7 Å². The number of hydrogen-bond acceptors (Lipinski definition) is 4. The molecule has 4 nitrogen and oxygen atoms in total. The van der Waals surface area contributed by atoms with Crippen LogP contribution in [0.2, 0.25) is 0 Å². The molecule has 0 spiro atoms. The first-order chi connectivity index (χ1) is 23.9. The summed E-state index contributed by atoms with van der Waals surface area (Å²) < 4.78 is 0. The summed E-state index contributed by atoms with van der Waals surface area (Å²) in [6.07, 6.45) is 8.04. The average molecular weight is 639 g/mol. The molecule has 2 aliphatic carbocycles. The zero-order valence-electron chi connectivity index (χ0n) is 28.7. The maximum absolute atomic E-state index is 9.85. The molecule has 242 valence electrons. The molecule has 1 aromatic heterocycles. The lowest BCUT2D eigenvalue weighted by atomic mass is 9.53. The predicted molar refractivity (Wildman–Crippen MR) is 200 cm³/mol. The van der Waals surface area contributed by atoms with E-state index in [-0.39, 0.29) is 5.41 Å². The van der Waals surface area contributed by atoms with E-state index in [2.05, 4.69) is 81.4 Å². The highest BCUT2D eigenvalue weighted by molar-refractivity contribution is 6.00. The number of rotatable bonds is 6. The third-order valence-corrected chi connectivity index (χ3v) is 11.3. The minimum absolute atomic E-state index is 0.273. The summed E-state index contributed by atoms with van der Waals surface area (Å²) in [6.45, 7) is 7.06. The number of nitriles is 1. The highest BCUT2D eigenvalue weighted by atomic mass is 15.0. The lowest BCUT2D eigenvalue weighted by Gasteiger charge is -2.51. The highest BCUT2D eigenvalue weighted by Gasteiger charge is 2.46. The fraction of sp³-hybridized carbons (Fsp3) is 0.289. The lowest BCUT2D eigenvalue weighted by Crippen LogP contribution is -2.42. The quantitative estimate of drug-likeness (QED) is 0.182. The van der Waals surface area contributed by atoms with E-state index >= 15 is 0 Å². The molecule has 4 atom stereocenters. The largest absolute Gasteiger partial charge is 0.208 e. The summed E-state index contributed by atoms with van der Waals surface area (Å²) in [4.78, 5) is 14.7. The van der Waals surface area contributed by atoms with Gasteiger partial charge in [-0.15, -0.1) is 0 Å². The summed E-state index contributed by atoms with van der Waals surface area (Å²) in [5.41, 5.74) is 8.57. The zero-order chi connectivity index (χ0) is 33.5. The number of aromatic nitrogens is 3. The fourth-order valence-electron chi connectivity index (χ4n) is 9.35. The maximum Gasteiger partial charge on any atom is 0.165 e. The highest BCUT2D eigenvalue weighted by Crippen LogP contribution is 2.56. The number of benzene rings is 5. The van der Waals surface area contributed by atoms with Crippen LogP contribution in [0.1, 0.15) is 69.1 Å². The molecule has 6 aromatic rings. The molecule has 2 bridgehead atoms. The van der Waals surface area contributed by atoms with Crippen LogP contribution in [0.5, 0.6) is 0 Å². The van der Waals surface area contributed by atoms with Crippen LogP contribution in [0, 0.1) is 36.0 Å². The van der Waals surface area contributed by atoms with Gasteiger partial charge in [-0.05, 0) is 113 Å². The Balaban J connectivity index is 1.22. The van der Waals surface area contributed by atoms with Crippen molar-refractivity contribution in [3.8, 4) is 51.4 Å². The molecule has 8 rings (SSSR count).